The predicted molar refractivity (Wildman–Crippen MR) is 87.1 cm³/mol. The fraction of sp³-hybridized carbons (Fsp3) is 0.556. The van der Waals surface area contributed by atoms with Gasteiger partial charge in [0.15, 0.2) is 11.6 Å². The van der Waals surface area contributed by atoms with E-state index in [1.807, 2.05) is 13.8 Å². The molecule has 1 saturated heterocycles. The second-order valence-electron chi connectivity index (χ2n) is 7.53. The molecule has 1 heterocycles. The van der Waals surface area contributed by atoms with Gasteiger partial charge in [0.25, 0.3) is 0 Å². The lowest BCUT2D eigenvalue weighted by molar-refractivity contribution is -0.143. The molecule has 3 rings (SSSR count). The predicted octanol–water partition coefficient (Wildman–Crippen LogP) is 2.75. The van der Waals surface area contributed by atoms with E-state index in [1.54, 1.807) is 0 Å². The molecule has 0 radical (unpaired) electrons. The highest BCUT2D eigenvalue weighted by atomic mass is 19.2. The molecule has 4 unspecified atom stereocenters. The Bertz CT molecular complexity index is 712. The average molecular weight is 352 g/mol. The molecule has 0 aromatic heterocycles. The fourth-order valence-corrected chi connectivity index (χ4v) is 3.68. The highest BCUT2D eigenvalue weighted by Gasteiger charge is 2.53. The zero-order valence-electron chi connectivity index (χ0n) is 14.3. The molecular formula is C18H22F2N2O3. The SMILES string of the molecule is CC1CC(C(=O)O)CN(C(=O)NC2CC2(C)c2ccc(F)c(F)c2)C1. The summed E-state index contributed by atoms with van der Waals surface area (Å²) in [4.78, 5) is 25.3. The Morgan fingerprint density at radius 3 is 2.64 bits per heavy atom. The van der Waals surface area contributed by atoms with Gasteiger partial charge in [0.05, 0.1) is 5.92 Å². The van der Waals surface area contributed by atoms with Gasteiger partial charge in [-0.25, -0.2) is 13.6 Å². The van der Waals surface area contributed by atoms with E-state index in [1.165, 1.54) is 17.0 Å². The lowest BCUT2D eigenvalue weighted by Crippen LogP contribution is -2.50. The summed E-state index contributed by atoms with van der Waals surface area (Å²) < 4.78 is 26.5. The van der Waals surface area contributed by atoms with Gasteiger partial charge in [0.1, 0.15) is 0 Å². The summed E-state index contributed by atoms with van der Waals surface area (Å²) in [6.45, 7) is 4.53. The monoisotopic (exact) mass is 352 g/mol. The van der Waals surface area contributed by atoms with Crippen LogP contribution in [-0.4, -0.2) is 41.1 Å². The molecule has 1 aromatic carbocycles. The van der Waals surface area contributed by atoms with Crippen molar-refractivity contribution >= 4 is 12.0 Å². The zero-order valence-corrected chi connectivity index (χ0v) is 14.3. The first-order valence-corrected chi connectivity index (χ1v) is 8.44. The second-order valence-corrected chi connectivity index (χ2v) is 7.53. The van der Waals surface area contributed by atoms with Crippen LogP contribution in [0.5, 0.6) is 0 Å². The molecular weight excluding hydrogens is 330 g/mol. The number of piperidine rings is 1. The summed E-state index contributed by atoms with van der Waals surface area (Å²) in [5.74, 6) is -3.11. The van der Waals surface area contributed by atoms with Gasteiger partial charge < -0.3 is 15.3 Å². The molecule has 0 bridgehead atoms. The molecule has 2 fully saturated rings. The Morgan fingerprint density at radius 2 is 2.00 bits per heavy atom. The molecule has 1 aromatic rings. The Labute approximate surface area is 145 Å². The smallest absolute Gasteiger partial charge is 0.317 e. The number of amides is 2. The van der Waals surface area contributed by atoms with Gasteiger partial charge in [-0.3, -0.25) is 4.79 Å². The van der Waals surface area contributed by atoms with Crippen LogP contribution in [0.4, 0.5) is 13.6 Å². The van der Waals surface area contributed by atoms with E-state index in [9.17, 15) is 23.5 Å². The number of nitrogens with zero attached hydrogens (tertiary/aromatic N) is 1. The number of urea groups is 1. The third-order valence-electron chi connectivity index (χ3n) is 5.41. The van der Waals surface area contributed by atoms with E-state index < -0.39 is 28.9 Å². The van der Waals surface area contributed by atoms with E-state index in [2.05, 4.69) is 5.32 Å². The molecule has 136 valence electrons. The molecule has 1 aliphatic carbocycles. The van der Waals surface area contributed by atoms with Crippen LogP contribution in [-0.2, 0) is 10.2 Å². The molecule has 25 heavy (non-hydrogen) atoms. The topological polar surface area (TPSA) is 69.6 Å². The van der Waals surface area contributed by atoms with E-state index in [0.29, 0.717) is 24.9 Å². The quantitative estimate of drug-likeness (QED) is 0.879. The van der Waals surface area contributed by atoms with Crippen molar-refractivity contribution in [3.05, 3.63) is 35.4 Å². The summed E-state index contributed by atoms with van der Waals surface area (Å²) in [5, 5.41) is 12.1. The van der Waals surface area contributed by atoms with Crippen molar-refractivity contribution in [2.75, 3.05) is 13.1 Å². The summed E-state index contributed by atoms with van der Waals surface area (Å²) in [7, 11) is 0. The van der Waals surface area contributed by atoms with Gasteiger partial charge in [-0.05, 0) is 36.5 Å². The first-order valence-electron chi connectivity index (χ1n) is 8.44. The van der Waals surface area contributed by atoms with Crippen LogP contribution in [0.15, 0.2) is 18.2 Å². The van der Waals surface area contributed by atoms with Gasteiger partial charge in [0, 0.05) is 24.5 Å². The second kappa shape index (κ2) is 6.28. The normalized spacial score (nSPS) is 31.5. The van der Waals surface area contributed by atoms with Gasteiger partial charge in [-0.2, -0.15) is 0 Å². The van der Waals surface area contributed by atoms with Crippen molar-refractivity contribution in [3.63, 3.8) is 0 Å². The number of carboxylic acid groups (broad SMARTS) is 1. The van der Waals surface area contributed by atoms with Gasteiger partial charge in [0.2, 0.25) is 0 Å². The largest absolute Gasteiger partial charge is 0.481 e. The molecule has 5 nitrogen and oxygen atoms in total. The third kappa shape index (κ3) is 3.45. The number of hydrogen-bond acceptors (Lipinski definition) is 2. The number of rotatable bonds is 3. The van der Waals surface area contributed by atoms with Crippen LogP contribution in [0, 0.1) is 23.5 Å². The maximum atomic E-state index is 13.5. The highest BCUT2D eigenvalue weighted by molar-refractivity contribution is 5.77. The fourth-order valence-electron chi connectivity index (χ4n) is 3.68. The number of nitrogens with one attached hydrogen (secondary N) is 1. The minimum absolute atomic E-state index is 0.123. The number of benzene rings is 1. The lowest BCUT2D eigenvalue weighted by atomic mass is 9.91. The van der Waals surface area contributed by atoms with Crippen LogP contribution in [0.1, 0.15) is 32.3 Å². The lowest BCUT2D eigenvalue weighted by Gasteiger charge is -2.34. The highest BCUT2D eigenvalue weighted by Crippen LogP contribution is 2.48. The summed E-state index contributed by atoms with van der Waals surface area (Å²) in [6, 6.07) is 3.33. The van der Waals surface area contributed by atoms with Crippen LogP contribution >= 0.6 is 0 Å². The van der Waals surface area contributed by atoms with Crippen LogP contribution < -0.4 is 5.32 Å². The summed E-state index contributed by atoms with van der Waals surface area (Å²) in [6.07, 6.45) is 1.20. The Kier molecular flexibility index (Phi) is 4.43. The Balaban J connectivity index is 1.64. The Hall–Kier alpha value is -2.18. The first kappa shape index (κ1) is 17.6. The molecule has 2 N–H and O–H groups in total. The number of carbonyl (C=O) groups excluding carboxylic acids is 1. The van der Waals surface area contributed by atoms with Crippen molar-refractivity contribution in [3.8, 4) is 0 Å². The van der Waals surface area contributed by atoms with Crippen molar-refractivity contribution in [1.82, 2.24) is 10.2 Å². The van der Waals surface area contributed by atoms with Gasteiger partial charge in [-0.15, -0.1) is 0 Å². The number of aliphatic carboxylic acids is 1. The molecule has 7 heteroatoms. The molecule has 0 spiro atoms. The minimum Gasteiger partial charge on any atom is -0.481 e. The van der Waals surface area contributed by atoms with Gasteiger partial charge in [-0.1, -0.05) is 19.9 Å². The summed E-state index contributed by atoms with van der Waals surface area (Å²) >= 11 is 0. The number of hydrogen-bond donors (Lipinski definition) is 2. The molecule has 2 aliphatic rings. The van der Waals surface area contributed by atoms with Crippen LogP contribution in [0.25, 0.3) is 0 Å². The van der Waals surface area contributed by atoms with Crippen molar-refractivity contribution in [1.29, 1.82) is 0 Å². The van der Waals surface area contributed by atoms with E-state index in [0.717, 1.165) is 6.07 Å². The maximum absolute atomic E-state index is 13.5. The molecule has 4 atom stereocenters. The average Bonchev–Trinajstić information content (AvgIpc) is 3.20. The minimum atomic E-state index is -0.898. The number of carboxylic acids is 1. The van der Waals surface area contributed by atoms with Crippen LogP contribution in [0.3, 0.4) is 0 Å². The first-order chi connectivity index (χ1) is 11.7. The molecule has 1 saturated carbocycles. The van der Waals surface area contributed by atoms with Crippen LogP contribution in [0.2, 0.25) is 0 Å². The third-order valence-corrected chi connectivity index (χ3v) is 5.41. The van der Waals surface area contributed by atoms with Crippen molar-refractivity contribution < 1.29 is 23.5 Å². The maximum Gasteiger partial charge on any atom is 0.317 e. The van der Waals surface area contributed by atoms with E-state index >= 15 is 0 Å². The Morgan fingerprint density at radius 1 is 1.28 bits per heavy atom. The number of likely N-dealkylation sites (tertiary alicyclic amines) is 1. The van der Waals surface area contributed by atoms with Crippen molar-refractivity contribution in [2.24, 2.45) is 11.8 Å². The number of halogens is 2. The summed E-state index contributed by atoms with van der Waals surface area (Å²) in [5.41, 5.74) is 0.213. The molecule has 2 amide bonds. The molecule has 1 aliphatic heterocycles. The van der Waals surface area contributed by atoms with Crippen molar-refractivity contribution in [2.45, 2.75) is 38.1 Å². The standard InChI is InChI=1S/C18H22F2N2O3/c1-10-5-11(16(23)24)9-22(8-10)17(25)21-15-7-18(15,2)12-3-4-13(19)14(20)6-12/h3-4,6,10-11,15H,5,7-9H2,1-2H3,(H,21,25)(H,23,24). The zero-order chi connectivity index (χ0) is 18.4. The van der Waals surface area contributed by atoms with Gasteiger partial charge >= 0.3 is 12.0 Å². The van der Waals surface area contributed by atoms with E-state index in [-0.39, 0.29) is 24.5 Å². The number of carbonyl (C=O) groups is 2. The van der Waals surface area contributed by atoms with E-state index in [4.69, 9.17) is 0 Å².